The van der Waals surface area contributed by atoms with E-state index in [2.05, 4.69) is 31.3 Å². The van der Waals surface area contributed by atoms with Gasteiger partial charge in [-0.1, -0.05) is 29.8 Å². The SMILES string of the molecule is CN(C)C(=O)c1ccc(-c2ccc(NC(=O)Nc3ccc(Cl)c(C(F)(F)F)c3)cc2-c2nn[nH]n2)cc1. The molecule has 0 aliphatic heterocycles. The Kier molecular flexibility index (Phi) is 7.11. The van der Waals surface area contributed by atoms with Gasteiger partial charge in [0.25, 0.3) is 5.91 Å². The van der Waals surface area contributed by atoms with Gasteiger partial charge in [-0.2, -0.15) is 18.4 Å². The van der Waals surface area contributed by atoms with Crippen LogP contribution in [0.25, 0.3) is 22.5 Å². The van der Waals surface area contributed by atoms with E-state index in [1.807, 2.05) is 0 Å². The van der Waals surface area contributed by atoms with E-state index in [0.717, 1.165) is 17.7 Å². The fourth-order valence-corrected chi connectivity index (χ4v) is 3.72. The number of amides is 3. The molecule has 190 valence electrons. The maximum atomic E-state index is 13.1. The quantitative estimate of drug-likeness (QED) is 0.313. The number of hydrogen-bond acceptors (Lipinski definition) is 5. The first-order valence-electron chi connectivity index (χ1n) is 10.7. The molecule has 0 radical (unpaired) electrons. The van der Waals surface area contributed by atoms with Gasteiger partial charge in [-0.05, 0) is 58.8 Å². The maximum absolute atomic E-state index is 13.1. The number of urea groups is 1. The number of carbonyl (C=O) groups excluding carboxylic acids is 2. The van der Waals surface area contributed by atoms with E-state index >= 15 is 0 Å². The van der Waals surface area contributed by atoms with E-state index in [9.17, 15) is 22.8 Å². The summed E-state index contributed by atoms with van der Waals surface area (Å²) in [6.07, 6.45) is -4.67. The third-order valence-corrected chi connectivity index (χ3v) is 5.57. The summed E-state index contributed by atoms with van der Waals surface area (Å²) >= 11 is 5.63. The van der Waals surface area contributed by atoms with Gasteiger partial charge in [0.1, 0.15) is 0 Å². The van der Waals surface area contributed by atoms with Gasteiger partial charge in [-0.3, -0.25) is 4.79 Å². The van der Waals surface area contributed by atoms with Crippen molar-refractivity contribution in [3.8, 4) is 22.5 Å². The van der Waals surface area contributed by atoms with Gasteiger partial charge in [-0.15, -0.1) is 10.2 Å². The fraction of sp³-hybridized carbons (Fsp3) is 0.125. The molecule has 0 saturated heterocycles. The van der Waals surface area contributed by atoms with E-state index in [-0.39, 0.29) is 17.4 Å². The first-order chi connectivity index (χ1) is 17.5. The average Bonchev–Trinajstić information content (AvgIpc) is 3.39. The topological polar surface area (TPSA) is 116 Å². The number of hydrogen-bond donors (Lipinski definition) is 3. The first-order valence-corrected chi connectivity index (χ1v) is 11.1. The normalized spacial score (nSPS) is 11.2. The van der Waals surface area contributed by atoms with Crippen LogP contribution in [0.15, 0.2) is 60.7 Å². The third-order valence-electron chi connectivity index (χ3n) is 5.24. The molecule has 0 bridgehead atoms. The van der Waals surface area contributed by atoms with E-state index in [1.54, 1.807) is 56.6 Å². The van der Waals surface area contributed by atoms with Crippen molar-refractivity contribution in [1.29, 1.82) is 0 Å². The zero-order valence-corrected chi connectivity index (χ0v) is 20.1. The molecular weight excluding hydrogens is 511 g/mol. The molecule has 13 heteroatoms. The molecule has 1 aromatic heterocycles. The minimum Gasteiger partial charge on any atom is -0.345 e. The molecule has 0 atom stereocenters. The van der Waals surface area contributed by atoms with Crippen molar-refractivity contribution in [3.63, 3.8) is 0 Å². The number of halogens is 4. The van der Waals surface area contributed by atoms with Gasteiger partial charge >= 0.3 is 12.2 Å². The number of aromatic nitrogens is 4. The summed E-state index contributed by atoms with van der Waals surface area (Å²) in [6, 6.07) is 14.2. The number of tetrazole rings is 1. The predicted molar refractivity (Wildman–Crippen MR) is 132 cm³/mol. The smallest absolute Gasteiger partial charge is 0.345 e. The molecule has 3 amide bonds. The van der Waals surface area contributed by atoms with Crippen molar-refractivity contribution in [2.75, 3.05) is 24.7 Å². The number of aromatic amines is 1. The number of benzene rings is 3. The lowest BCUT2D eigenvalue weighted by Crippen LogP contribution is -2.21. The molecule has 3 aromatic carbocycles. The van der Waals surface area contributed by atoms with Gasteiger partial charge in [0.05, 0.1) is 10.6 Å². The second kappa shape index (κ2) is 10.3. The highest BCUT2D eigenvalue weighted by Crippen LogP contribution is 2.36. The zero-order valence-electron chi connectivity index (χ0n) is 19.4. The molecule has 0 spiro atoms. The van der Waals surface area contributed by atoms with Crippen LogP contribution in [0.1, 0.15) is 15.9 Å². The second-order valence-corrected chi connectivity index (χ2v) is 8.45. The summed E-state index contributed by atoms with van der Waals surface area (Å²) in [4.78, 5) is 26.2. The molecule has 0 fully saturated rings. The molecule has 0 saturated carbocycles. The fourth-order valence-electron chi connectivity index (χ4n) is 3.50. The minimum absolute atomic E-state index is 0.0865. The van der Waals surface area contributed by atoms with Crippen LogP contribution in [0.4, 0.5) is 29.3 Å². The van der Waals surface area contributed by atoms with Crippen molar-refractivity contribution in [3.05, 3.63) is 76.8 Å². The van der Waals surface area contributed by atoms with Crippen molar-refractivity contribution in [2.45, 2.75) is 6.18 Å². The number of nitrogens with zero attached hydrogens (tertiary/aromatic N) is 4. The van der Waals surface area contributed by atoms with Crippen LogP contribution >= 0.6 is 11.6 Å². The Hall–Kier alpha value is -4.45. The monoisotopic (exact) mass is 529 g/mol. The molecule has 37 heavy (non-hydrogen) atoms. The summed E-state index contributed by atoms with van der Waals surface area (Å²) in [7, 11) is 3.32. The van der Waals surface area contributed by atoms with Gasteiger partial charge < -0.3 is 15.5 Å². The van der Waals surface area contributed by atoms with Gasteiger partial charge in [0.15, 0.2) is 0 Å². The van der Waals surface area contributed by atoms with E-state index in [0.29, 0.717) is 22.4 Å². The number of H-pyrrole nitrogens is 1. The van der Waals surface area contributed by atoms with Crippen LogP contribution < -0.4 is 10.6 Å². The van der Waals surface area contributed by atoms with Crippen molar-refractivity contribution in [1.82, 2.24) is 25.5 Å². The lowest BCUT2D eigenvalue weighted by Gasteiger charge is -2.14. The Morgan fingerprint density at radius 3 is 2.16 bits per heavy atom. The summed E-state index contributed by atoms with van der Waals surface area (Å²) in [5.74, 6) is 0.110. The lowest BCUT2D eigenvalue weighted by atomic mass is 9.97. The minimum atomic E-state index is -4.67. The molecule has 3 N–H and O–H groups in total. The van der Waals surface area contributed by atoms with Gasteiger partial charge in [0.2, 0.25) is 5.82 Å². The summed E-state index contributed by atoms with van der Waals surface area (Å²) in [5, 5.41) is 18.5. The summed E-state index contributed by atoms with van der Waals surface area (Å²) in [6.45, 7) is 0. The Morgan fingerprint density at radius 1 is 0.919 bits per heavy atom. The number of alkyl halides is 3. The highest BCUT2D eigenvalue weighted by Gasteiger charge is 2.33. The second-order valence-electron chi connectivity index (χ2n) is 8.04. The molecule has 0 unspecified atom stereocenters. The van der Waals surface area contributed by atoms with Gasteiger partial charge in [0, 0.05) is 36.6 Å². The molecule has 0 aliphatic carbocycles. The largest absolute Gasteiger partial charge is 0.417 e. The van der Waals surface area contributed by atoms with Crippen LogP contribution in [0.2, 0.25) is 5.02 Å². The molecule has 0 aliphatic rings. The Balaban J connectivity index is 1.59. The number of rotatable bonds is 5. The molecule has 4 aromatic rings. The zero-order chi connectivity index (χ0) is 26.7. The predicted octanol–water partition coefficient (Wildman–Crippen LogP) is 5.55. The van der Waals surface area contributed by atoms with Crippen LogP contribution in [-0.2, 0) is 6.18 Å². The van der Waals surface area contributed by atoms with Crippen LogP contribution in [-0.4, -0.2) is 51.6 Å². The summed E-state index contributed by atoms with van der Waals surface area (Å²) in [5.41, 5.74) is 1.66. The third kappa shape index (κ3) is 5.86. The standard InChI is InChI=1S/C24H19ClF3N7O2/c1-35(2)22(36)14-5-3-13(4-6-14)17-9-7-15(11-18(17)21-31-33-34-32-21)29-23(37)30-16-8-10-20(25)19(12-16)24(26,27)28/h3-12H,1-2H3,(H2,29,30,37)(H,31,32,33,34). The van der Waals surface area contributed by atoms with Gasteiger partial charge in [-0.25, -0.2) is 4.79 Å². The van der Waals surface area contributed by atoms with E-state index < -0.39 is 22.8 Å². The first kappa shape index (κ1) is 25.6. The lowest BCUT2D eigenvalue weighted by molar-refractivity contribution is -0.137. The Bertz CT molecular complexity index is 1440. The Labute approximate surface area is 213 Å². The number of anilines is 2. The number of carbonyl (C=O) groups is 2. The van der Waals surface area contributed by atoms with E-state index in [1.165, 1.54) is 11.0 Å². The Morgan fingerprint density at radius 2 is 1.57 bits per heavy atom. The number of nitrogens with one attached hydrogen (secondary N) is 3. The van der Waals surface area contributed by atoms with Crippen molar-refractivity contribution >= 4 is 34.9 Å². The highest BCUT2D eigenvalue weighted by molar-refractivity contribution is 6.31. The molecule has 9 nitrogen and oxygen atoms in total. The summed E-state index contributed by atoms with van der Waals surface area (Å²) < 4.78 is 39.3. The van der Waals surface area contributed by atoms with Crippen LogP contribution in [0, 0.1) is 0 Å². The molecule has 4 rings (SSSR count). The average molecular weight is 530 g/mol. The maximum Gasteiger partial charge on any atom is 0.417 e. The van der Waals surface area contributed by atoms with Crippen LogP contribution in [0.5, 0.6) is 0 Å². The molecule has 1 heterocycles. The van der Waals surface area contributed by atoms with Crippen LogP contribution in [0.3, 0.4) is 0 Å². The van der Waals surface area contributed by atoms with Crippen molar-refractivity contribution in [2.24, 2.45) is 0 Å². The van der Waals surface area contributed by atoms with Crippen molar-refractivity contribution < 1.29 is 22.8 Å². The highest BCUT2D eigenvalue weighted by atomic mass is 35.5. The molecular formula is C24H19ClF3N7O2. The van der Waals surface area contributed by atoms with E-state index in [4.69, 9.17) is 11.6 Å².